The number of nitrogens with one attached hydrogen (secondary N) is 2. The molecular weight excluding hydrogens is 395 g/mol. The summed E-state index contributed by atoms with van der Waals surface area (Å²) in [5, 5.41) is 5.53. The molecule has 1 heterocycles. The van der Waals surface area contributed by atoms with E-state index in [1.54, 1.807) is 41.0 Å². The highest BCUT2D eigenvalue weighted by Gasteiger charge is 2.21. The van der Waals surface area contributed by atoms with Crippen LogP contribution in [0.2, 0.25) is 0 Å². The van der Waals surface area contributed by atoms with E-state index in [0.717, 1.165) is 5.52 Å². The number of halogens is 1. The standard InChI is InChI=1S/C24H21FN4O2/c1-16(26-24(31)17-9-3-2-4-10-17)23-28-20-13-7-8-14-21(20)29(23)15-22(30)27-19-12-6-5-11-18(19)25/h2-14,16H,15H2,1H3,(H,26,31)(H,27,30). The first-order valence-corrected chi connectivity index (χ1v) is 9.88. The summed E-state index contributed by atoms with van der Waals surface area (Å²) in [5.41, 5.74) is 2.11. The molecule has 0 aliphatic carbocycles. The maximum atomic E-state index is 13.9. The van der Waals surface area contributed by atoms with Gasteiger partial charge in [0.2, 0.25) is 5.91 Å². The van der Waals surface area contributed by atoms with Crippen LogP contribution in [0, 0.1) is 5.82 Å². The van der Waals surface area contributed by atoms with Crippen LogP contribution in [0.25, 0.3) is 11.0 Å². The first-order chi connectivity index (χ1) is 15.0. The highest BCUT2D eigenvalue weighted by Crippen LogP contribution is 2.22. The molecule has 1 atom stereocenters. The molecule has 156 valence electrons. The van der Waals surface area contributed by atoms with Gasteiger partial charge in [-0.05, 0) is 43.3 Å². The van der Waals surface area contributed by atoms with Crippen LogP contribution >= 0.6 is 0 Å². The third-order valence-electron chi connectivity index (χ3n) is 4.90. The average Bonchev–Trinajstić information content (AvgIpc) is 3.14. The van der Waals surface area contributed by atoms with E-state index in [2.05, 4.69) is 15.6 Å². The van der Waals surface area contributed by atoms with Crippen molar-refractivity contribution in [2.45, 2.75) is 19.5 Å². The molecular formula is C24H21FN4O2. The minimum absolute atomic E-state index is 0.0737. The summed E-state index contributed by atoms with van der Waals surface area (Å²) in [6, 6.07) is 21.8. The van der Waals surface area contributed by atoms with Crippen molar-refractivity contribution in [1.82, 2.24) is 14.9 Å². The number of carbonyl (C=O) groups is 2. The van der Waals surface area contributed by atoms with Crippen molar-refractivity contribution < 1.29 is 14.0 Å². The number of fused-ring (bicyclic) bond motifs is 1. The van der Waals surface area contributed by atoms with E-state index in [1.807, 2.05) is 37.3 Å². The normalized spacial score (nSPS) is 11.8. The number of rotatable bonds is 6. The second kappa shape index (κ2) is 8.79. The molecule has 2 amide bonds. The Bertz CT molecular complexity index is 1240. The molecule has 7 heteroatoms. The van der Waals surface area contributed by atoms with E-state index in [-0.39, 0.29) is 18.1 Å². The zero-order valence-corrected chi connectivity index (χ0v) is 16.9. The van der Waals surface area contributed by atoms with E-state index in [9.17, 15) is 14.0 Å². The third kappa shape index (κ3) is 4.45. The Morgan fingerprint density at radius 2 is 1.65 bits per heavy atom. The van der Waals surface area contributed by atoms with Gasteiger partial charge in [-0.2, -0.15) is 0 Å². The van der Waals surface area contributed by atoms with E-state index < -0.39 is 17.8 Å². The number of anilines is 1. The second-order valence-electron chi connectivity index (χ2n) is 7.13. The fourth-order valence-corrected chi connectivity index (χ4v) is 3.42. The zero-order valence-electron chi connectivity index (χ0n) is 16.9. The third-order valence-corrected chi connectivity index (χ3v) is 4.90. The fourth-order valence-electron chi connectivity index (χ4n) is 3.42. The van der Waals surface area contributed by atoms with Crippen molar-refractivity contribution in [1.29, 1.82) is 0 Å². The van der Waals surface area contributed by atoms with Gasteiger partial charge in [0.25, 0.3) is 5.91 Å². The smallest absolute Gasteiger partial charge is 0.251 e. The van der Waals surface area contributed by atoms with Crippen molar-refractivity contribution >= 4 is 28.5 Å². The number of carbonyl (C=O) groups excluding carboxylic acids is 2. The molecule has 0 fully saturated rings. The molecule has 0 saturated carbocycles. The number of aromatic nitrogens is 2. The van der Waals surface area contributed by atoms with Crippen LogP contribution in [-0.2, 0) is 11.3 Å². The van der Waals surface area contributed by atoms with Gasteiger partial charge in [0.1, 0.15) is 18.2 Å². The maximum absolute atomic E-state index is 13.9. The first-order valence-electron chi connectivity index (χ1n) is 9.88. The lowest BCUT2D eigenvalue weighted by molar-refractivity contribution is -0.116. The van der Waals surface area contributed by atoms with Gasteiger partial charge in [-0.15, -0.1) is 0 Å². The number of benzene rings is 3. The van der Waals surface area contributed by atoms with Crippen molar-refractivity contribution in [2.24, 2.45) is 0 Å². The topological polar surface area (TPSA) is 76.0 Å². The lowest BCUT2D eigenvalue weighted by Crippen LogP contribution is -2.30. The molecule has 0 aliphatic rings. The summed E-state index contributed by atoms with van der Waals surface area (Å²) in [5.74, 6) is -0.595. The van der Waals surface area contributed by atoms with Crippen LogP contribution in [0.4, 0.5) is 10.1 Å². The minimum atomic E-state index is -0.505. The Kier molecular flexibility index (Phi) is 5.75. The Hall–Kier alpha value is -4.00. The number of imidazole rings is 1. The number of amides is 2. The number of hydrogen-bond acceptors (Lipinski definition) is 3. The summed E-state index contributed by atoms with van der Waals surface area (Å²) in [6.45, 7) is 1.74. The molecule has 0 aliphatic heterocycles. The summed E-state index contributed by atoms with van der Waals surface area (Å²) >= 11 is 0. The van der Waals surface area contributed by atoms with Gasteiger partial charge >= 0.3 is 0 Å². The monoisotopic (exact) mass is 416 g/mol. The van der Waals surface area contributed by atoms with Crippen molar-refractivity contribution in [3.8, 4) is 0 Å². The summed E-state index contributed by atoms with van der Waals surface area (Å²) in [6.07, 6.45) is 0. The Morgan fingerprint density at radius 3 is 2.42 bits per heavy atom. The minimum Gasteiger partial charge on any atom is -0.342 e. The van der Waals surface area contributed by atoms with Crippen LogP contribution in [0.5, 0.6) is 0 Å². The van der Waals surface area contributed by atoms with Crippen molar-refractivity contribution in [3.05, 3.63) is 96.1 Å². The second-order valence-corrected chi connectivity index (χ2v) is 7.13. The lowest BCUT2D eigenvalue weighted by Gasteiger charge is -2.16. The molecule has 2 N–H and O–H groups in total. The Balaban J connectivity index is 1.60. The number of hydrogen-bond donors (Lipinski definition) is 2. The quantitative estimate of drug-likeness (QED) is 0.492. The van der Waals surface area contributed by atoms with Gasteiger partial charge in [0.15, 0.2) is 0 Å². The fraction of sp³-hybridized carbons (Fsp3) is 0.125. The Labute approximate surface area is 178 Å². The molecule has 4 rings (SSSR count). The molecule has 0 spiro atoms. The zero-order chi connectivity index (χ0) is 21.8. The van der Waals surface area contributed by atoms with Gasteiger partial charge in [-0.1, -0.05) is 42.5 Å². The maximum Gasteiger partial charge on any atom is 0.251 e. The average molecular weight is 416 g/mol. The molecule has 0 bridgehead atoms. The SMILES string of the molecule is CC(NC(=O)c1ccccc1)c1nc2ccccc2n1CC(=O)Nc1ccccc1F. The van der Waals surface area contributed by atoms with Gasteiger partial charge in [0, 0.05) is 5.56 Å². The molecule has 3 aromatic carbocycles. The van der Waals surface area contributed by atoms with Crippen LogP contribution < -0.4 is 10.6 Å². The van der Waals surface area contributed by atoms with E-state index >= 15 is 0 Å². The molecule has 1 unspecified atom stereocenters. The summed E-state index contributed by atoms with van der Waals surface area (Å²) < 4.78 is 15.7. The highest BCUT2D eigenvalue weighted by molar-refractivity contribution is 5.94. The van der Waals surface area contributed by atoms with Crippen LogP contribution in [0.3, 0.4) is 0 Å². The molecule has 0 radical (unpaired) electrons. The predicted octanol–water partition coefficient (Wildman–Crippen LogP) is 4.31. The van der Waals surface area contributed by atoms with E-state index in [4.69, 9.17) is 0 Å². The number of para-hydroxylation sites is 3. The van der Waals surface area contributed by atoms with E-state index in [0.29, 0.717) is 16.9 Å². The predicted molar refractivity (Wildman–Crippen MR) is 117 cm³/mol. The van der Waals surface area contributed by atoms with E-state index in [1.165, 1.54) is 12.1 Å². The molecule has 6 nitrogen and oxygen atoms in total. The first kappa shape index (κ1) is 20.3. The van der Waals surface area contributed by atoms with Crippen LogP contribution in [-0.4, -0.2) is 21.4 Å². The van der Waals surface area contributed by atoms with Crippen molar-refractivity contribution in [3.63, 3.8) is 0 Å². The van der Waals surface area contributed by atoms with Crippen LogP contribution in [0.1, 0.15) is 29.1 Å². The van der Waals surface area contributed by atoms with Gasteiger partial charge < -0.3 is 15.2 Å². The van der Waals surface area contributed by atoms with Gasteiger partial charge in [-0.25, -0.2) is 9.37 Å². The highest BCUT2D eigenvalue weighted by atomic mass is 19.1. The number of nitrogens with zero attached hydrogens (tertiary/aromatic N) is 2. The molecule has 4 aromatic rings. The molecule has 1 aromatic heterocycles. The summed E-state index contributed by atoms with van der Waals surface area (Å²) in [4.78, 5) is 29.9. The van der Waals surface area contributed by atoms with Crippen molar-refractivity contribution in [2.75, 3.05) is 5.32 Å². The van der Waals surface area contributed by atoms with Gasteiger partial charge in [0.05, 0.1) is 22.8 Å². The van der Waals surface area contributed by atoms with Gasteiger partial charge in [-0.3, -0.25) is 9.59 Å². The molecule has 0 saturated heterocycles. The largest absolute Gasteiger partial charge is 0.342 e. The summed E-state index contributed by atoms with van der Waals surface area (Å²) in [7, 11) is 0. The Morgan fingerprint density at radius 1 is 0.968 bits per heavy atom. The molecule has 31 heavy (non-hydrogen) atoms. The van der Waals surface area contributed by atoms with Crippen LogP contribution in [0.15, 0.2) is 78.9 Å². The lowest BCUT2D eigenvalue weighted by atomic mass is 10.2.